The van der Waals surface area contributed by atoms with Crippen LogP contribution in [0.15, 0.2) is 78.0 Å². The molecule has 2 aromatic carbocycles. The highest BCUT2D eigenvalue weighted by molar-refractivity contribution is 7.90. The Labute approximate surface area is 182 Å². The number of halogens is 3. The molecule has 0 unspecified atom stereocenters. The molecule has 32 heavy (non-hydrogen) atoms. The van der Waals surface area contributed by atoms with E-state index in [1.54, 1.807) is 24.5 Å². The van der Waals surface area contributed by atoms with E-state index in [0.29, 0.717) is 5.69 Å². The van der Waals surface area contributed by atoms with Crippen LogP contribution >= 0.6 is 0 Å². The quantitative estimate of drug-likeness (QED) is 0.543. The second-order valence-corrected chi connectivity index (χ2v) is 8.64. The molecule has 2 amide bonds. The average Bonchev–Trinajstić information content (AvgIpc) is 2.72. The number of alkyl halides is 3. The number of benzene rings is 2. The number of hydrogen-bond donors (Lipinski definition) is 2. The zero-order chi connectivity index (χ0) is 23.2. The molecule has 0 saturated carbocycles. The summed E-state index contributed by atoms with van der Waals surface area (Å²) in [5.74, 6) is -1.01. The van der Waals surface area contributed by atoms with Crippen molar-refractivity contribution in [3.05, 3.63) is 84.2 Å². The van der Waals surface area contributed by atoms with Gasteiger partial charge >= 0.3 is 12.4 Å². The summed E-state index contributed by atoms with van der Waals surface area (Å²) >= 11 is 0. The van der Waals surface area contributed by atoms with Crippen LogP contribution in [0.2, 0.25) is 0 Å². The number of carbonyl (C=O) groups is 1. The first-order chi connectivity index (χ1) is 15.1. The van der Waals surface area contributed by atoms with Gasteiger partial charge in [-0.3, -0.25) is 4.98 Å². The van der Waals surface area contributed by atoms with Crippen molar-refractivity contribution < 1.29 is 31.1 Å². The molecule has 0 atom stereocenters. The van der Waals surface area contributed by atoms with Crippen LogP contribution in [-0.2, 0) is 22.1 Å². The van der Waals surface area contributed by atoms with E-state index in [2.05, 4.69) is 20.4 Å². The summed E-state index contributed by atoms with van der Waals surface area (Å²) in [6, 6.07) is 13.3. The Morgan fingerprint density at radius 3 is 2.38 bits per heavy atom. The van der Waals surface area contributed by atoms with Crippen LogP contribution in [-0.4, -0.2) is 25.8 Å². The average molecular weight is 465 g/mol. The fraction of sp³-hybridized carbons (Fsp3) is 0.143. The van der Waals surface area contributed by atoms with E-state index in [0.717, 1.165) is 17.7 Å². The van der Waals surface area contributed by atoms with E-state index in [1.807, 2.05) is 0 Å². The Morgan fingerprint density at radius 2 is 1.72 bits per heavy atom. The van der Waals surface area contributed by atoms with Crippen molar-refractivity contribution in [2.45, 2.75) is 23.6 Å². The van der Waals surface area contributed by atoms with E-state index in [4.69, 9.17) is 0 Å². The first-order valence-electron chi connectivity index (χ1n) is 9.22. The van der Waals surface area contributed by atoms with Crippen molar-refractivity contribution in [2.24, 2.45) is 0 Å². The number of hydrogen-bond acceptors (Lipinski definition) is 5. The van der Waals surface area contributed by atoms with Crippen molar-refractivity contribution in [2.75, 3.05) is 5.32 Å². The lowest BCUT2D eigenvalue weighted by atomic mass is 10.2. The number of pyridine rings is 1. The van der Waals surface area contributed by atoms with Gasteiger partial charge in [-0.15, -0.1) is 13.2 Å². The molecule has 0 aliphatic rings. The predicted molar refractivity (Wildman–Crippen MR) is 111 cm³/mol. The van der Waals surface area contributed by atoms with Gasteiger partial charge in [-0.2, -0.15) is 0 Å². The van der Waals surface area contributed by atoms with Crippen molar-refractivity contribution in [3.63, 3.8) is 0 Å². The second kappa shape index (κ2) is 9.69. The molecule has 0 aliphatic carbocycles. The van der Waals surface area contributed by atoms with Crippen LogP contribution in [0.3, 0.4) is 0 Å². The highest BCUT2D eigenvalue weighted by Crippen LogP contribution is 2.25. The number of ether oxygens (including phenoxy) is 1. The zero-order valence-electron chi connectivity index (χ0n) is 16.5. The molecule has 0 fully saturated rings. The highest BCUT2D eigenvalue weighted by Gasteiger charge is 2.31. The smallest absolute Gasteiger partial charge is 0.406 e. The maximum Gasteiger partial charge on any atom is 0.573 e. The maximum atomic E-state index is 12.6. The molecule has 0 spiro atoms. The lowest BCUT2D eigenvalue weighted by Gasteiger charge is -2.11. The number of nitrogens with one attached hydrogen (secondary N) is 2. The third-order valence-corrected chi connectivity index (χ3v) is 5.84. The Morgan fingerprint density at radius 1 is 1.00 bits per heavy atom. The van der Waals surface area contributed by atoms with Crippen LogP contribution in [0.1, 0.15) is 11.1 Å². The van der Waals surface area contributed by atoms with Crippen molar-refractivity contribution in [3.8, 4) is 5.75 Å². The van der Waals surface area contributed by atoms with Crippen LogP contribution in [0, 0.1) is 0 Å². The largest absolute Gasteiger partial charge is 0.573 e. The van der Waals surface area contributed by atoms with E-state index >= 15 is 0 Å². The first kappa shape index (κ1) is 23.1. The van der Waals surface area contributed by atoms with Crippen molar-refractivity contribution in [1.82, 2.24) is 10.3 Å². The molecule has 11 heteroatoms. The van der Waals surface area contributed by atoms with Gasteiger partial charge in [-0.25, -0.2) is 13.2 Å². The topological polar surface area (TPSA) is 97.4 Å². The molecule has 0 aliphatic heterocycles. The summed E-state index contributed by atoms with van der Waals surface area (Å²) in [4.78, 5) is 15.9. The molecule has 7 nitrogen and oxygen atoms in total. The summed E-state index contributed by atoms with van der Waals surface area (Å²) in [6.45, 7) is 0.267. The summed E-state index contributed by atoms with van der Waals surface area (Å²) < 4.78 is 66.1. The molecule has 1 heterocycles. The van der Waals surface area contributed by atoms with Gasteiger partial charge in [0.1, 0.15) is 5.75 Å². The Hall–Kier alpha value is -3.60. The van der Waals surface area contributed by atoms with E-state index in [-0.39, 0.29) is 17.0 Å². The molecule has 0 bridgehead atoms. The Balaban J connectivity index is 1.61. The van der Waals surface area contributed by atoms with Crippen molar-refractivity contribution in [1.29, 1.82) is 0 Å². The van der Waals surface area contributed by atoms with Gasteiger partial charge in [0.05, 0.1) is 10.6 Å². The van der Waals surface area contributed by atoms with Gasteiger partial charge in [0.15, 0.2) is 9.84 Å². The van der Waals surface area contributed by atoms with Gasteiger partial charge < -0.3 is 15.4 Å². The van der Waals surface area contributed by atoms with E-state index in [9.17, 15) is 26.4 Å². The van der Waals surface area contributed by atoms with Crippen LogP contribution in [0.4, 0.5) is 23.7 Å². The molecular formula is C21H18F3N3O4S. The molecule has 168 valence electrons. The molecular weight excluding hydrogens is 447 g/mol. The Kier molecular flexibility index (Phi) is 6.98. The summed E-state index contributed by atoms with van der Waals surface area (Å²) in [6.07, 6.45) is -1.64. The van der Waals surface area contributed by atoms with Gasteiger partial charge in [0.2, 0.25) is 0 Å². The summed E-state index contributed by atoms with van der Waals surface area (Å²) in [5.41, 5.74) is 1.32. The van der Waals surface area contributed by atoms with Gasteiger partial charge in [-0.1, -0.05) is 18.2 Å². The maximum absolute atomic E-state index is 12.6. The predicted octanol–water partition coefficient (Wildman–Crippen LogP) is 4.28. The third-order valence-electron chi connectivity index (χ3n) is 4.14. The normalized spacial score (nSPS) is 11.6. The van der Waals surface area contributed by atoms with Gasteiger partial charge in [-0.05, 0) is 53.6 Å². The van der Waals surface area contributed by atoms with E-state index in [1.165, 1.54) is 36.4 Å². The molecule has 3 rings (SSSR count). The second-order valence-electron chi connectivity index (χ2n) is 6.65. The SMILES string of the molecule is O=C(NCc1cccnc1)Nc1ccc(S(=O)(=O)Cc2cccc(OC(F)(F)F)c2)cc1. The summed E-state index contributed by atoms with van der Waals surface area (Å²) in [5, 5.41) is 5.23. The number of sulfone groups is 1. The van der Waals surface area contributed by atoms with Gasteiger partial charge in [0.25, 0.3) is 0 Å². The number of nitrogens with zero attached hydrogens (tertiary/aromatic N) is 1. The molecule has 3 aromatic rings. The number of rotatable bonds is 7. The zero-order valence-corrected chi connectivity index (χ0v) is 17.3. The van der Waals surface area contributed by atoms with E-state index < -0.39 is 33.7 Å². The monoisotopic (exact) mass is 465 g/mol. The van der Waals surface area contributed by atoms with Gasteiger partial charge in [0, 0.05) is 24.6 Å². The number of urea groups is 1. The summed E-state index contributed by atoms with van der Waals surface area (Å²) in [7, 11) is -3.84. The number of amides is 2. The molecule has 0 saturated heterocycles. The van der Waals surface area contributed by atoms with Crippen molar-refractivity contribution >= 4 is 21.6 Å². The Bertz CT molecular complexity index is 1170. The minimum atomic E-state index is -4.87. The number of aromatic nitrogens is 1. The number of anilines is 1. The van der Waals surface area contributed by atoms with Crippen LogP contribution < -0.4 is 15.4 Å². The minimum Gasteiger partial charge on any atom is -0.406 e. The first-order valence-corrected chi connectivity index (χ1v) is 10.9. The highest BCUT2D eigenvalue weighted by atomic mass is 32.2. The minimum absolute atomic E-state index is 0.0408. The molecule has 2 N–H and O–H groups in total. The van der Waals surface area contributed by atoms with Crippen LogP contribution in [0.5, 0.6) is 5.75 Å². The number of carbonyl (C=O) groups excluding carboxylic acids is 1. The third kappa shape index (κ3) is 6.98. The fourth-order valence-electron chi connectivity index (χ4n) is 2.74. The lowest BCUT2D eigenvalue weighted by molar-refractivity contribution is -0.274. The molecule has 0 radical (unpaired) electrons. The molecule has 1 aromatic heterocycles. The lowest BCUT2D eigenvalue weighted by Crippen LogP contribution is -2.28. The van der Waals surface area contributed by atoms with Crippen LogP contribution in [0.25, 0.3) is 0 Å². The fourth-order valence-corrected chi connectivity index (χ4v) is 4.08. The standard InChI is InChI=1S/C21H18F3N3O4S/c22-21(23,24)31-18-5-1-3-15(11-18)14-32(29,30)19-8-6-17(7-9-19)27-20(28)26-13-16-4-2-10-25-12-16/h1-12H,13-14H2,(H2,26,27,28).